The van der Waals surface area contributed by atoms with Gasteiger partial charge in [-0.05, 0) is 35.0 Å². The van der Waals surface area contributed by atoms with Crippen molar-refractivity contribution in [2.45, 2.75) is 6.92 Å². The van der Waals surface area contributed by atoms with Crippen molar-refractivity contribution in [1.82, 2.24) is 14.6 Å². The Balaban J connectivity index is 0.000000461. The summed E-state index contributed by atoms with van der Waals surface area (Å²) in [4.78, 5) is 4.25. The summed E-state index contributed by atoms with van der Waals surface area (Å²) in [5.41, 5.74) is 1.70. The molecule has 0 aliphatic heterocycles. The number of hydrogen-bond acceptors (Lipinski definition) is 2. The van der Waals surface area contributed by atoms with E-state index in [2.05, 4.69) is 54.3 Å². The highest BCUT2D eigenvalue weighted by atomic mass is 80.9. The maximum Gasteiger partial charge on any atom is 0.155 e. The van der Waals surface area contributed by atoms with Gasteiger partial charge in [0, 0.05) is 28.3 Å². The van der Waals surface area contributed by atoms with Gasteiger partial charge in [-0.1, -0.05) is 11.6 Å². The van der Waals surface area contributed by atoms with Crippen molar-refractivity contribution in [1.29, 1.82) is 0 Å². The van der Waals surface area contributed by atoms with Crippen molar-refractivity contribution >= 4 is 61.4 Å². The first-order chi connectivity index (χ1) is 6.68. The van der Waals surface area contributed by atoms with Crippen LogP contribution in [0.3, 0.4) is 0 Å². The second kappa shape index (κ2) is 5.44. The number of nitrogens with zero attached hydrogens (tertiary/aromatic N) is 3. The van der Waals surface area contributed by atoms with Crippen LogP contribution in [0.4, 0.5) is 0 Å². The first-order valence-electron chi connectivity index (χ1n) is 3.50. The second-order valence-corrected chi connectivity index (χ2v) is 3.55. The highest BCUT2D eigenvalue weighted by Crippen LogP contribution is 2.17. The summed E-state index contributed by atoms with van der Waals surface area (Å²) < 4.78 is 2.51. The minimum Gasteiger partial charge on any atom is -0.231 e. The van der Waals surface area contributed by atoms with Gasteiger partial charge in [-0.2, -0.15) is 5.10 Å². The molecule has 0 saturated carbocycles. The van der Waals surface area contributed by atoms with Crippen LogP contribution in [0.1, 0.15) is 5.69 Å². The standard InChI is InChI=1S/C7H5BrClN3.Br2/c1-4-7(8)12-6(10-4)3-2-5(9)11-12;1-2/h2-3H,1H3;. The Hall–Kier alpha value is 0.350. The molecule has 0 bridgehead atoms. The molecule has 0 saturated heterocycles. The number of aryl methyl sites for hydroxylation is 1. The van der Waals surface area contributed by atoms with E-state index in [4.69, 9.17) is 11.6 Å². The summed E-state index contributed by atoms with van der Waals surface area (Å²) in [5.74, 6) is 0. The summed E-state index contributed by atoms with van der Waals surface area (Å²) in [6.07, 6.45) is 0. The van der Waals surface area contributed by atoms with Gasteiger partial charge in [-0.25, -0.2) is 9.50 Å². The lowest BCUT2D eigenvalue weighted by atomic mass is 10.6. The summed E-state index contributed by atoms with van der Waals surface area (Å²) in [7, 11) is 0. The summed E-state index contributed by atoms with van der Waals surface area (Å²) in [6.45, 7) is 1.91. The summed E-state index contributed by atoms with van der Waals surface area (Å²) >= 11 is 14.6. The lowest BCUT2D eigenvalue weighted by Crippen LogP contribution is -1.90. The number of rotatable bonds is 0. The molecule has 0 aliphatic carbocycles. The Bertz CT molecular complexity index is 443. The van der Waals surface area contributed by atoms with Crippen LogP contribution in [-0.4, -0.2) is 14.6 Å². The Morgan fingerprint density at radius 1 is 1.36 bits per heavy atom. The second-order valence-electron chi connectivity index (χ2n) is 2.41. The zero-order valence-electron chi connectivity index (χ0n) is 7.01. The van der Waals surface area contributed by atoms with Crippen LogP contribution in [0.5, 0.6) is 0 Å². The number of halogens is 4. The van der Waals surface area contributed by atoms with Gasteiger partial charge < -0.3 is 0 Å². The average Bonchev–Trinajstić information content (AvgIpc) is 2.48. The van der Waals surface area contributed by atoms with Gasteiger partial charge in [0.2, 0.25) is 0 Å². The molecule has 0 amide bonds. The molecule has 0 radical (unpaired) electrons. The molecule has 14 heavy (non-hydrogen) atoms. The van der Waals surface area contributed by atoms with E-state index in [1.165, 1.54) is 0 Å². The van der Waals surface area contributed by atoms with E-state index in [1.54, 1.807) is 10.6 Å². The minimum absolute atomic E-state index is 0.459. The van der Waals surface area contributed by atoms with Crippen LogP contribution in [0.2, 0.25) is 5.15 Å². The normalized spacial score (nSPS) is 9.79. The third kappa shape index (κ3) is 2.48. The smallest absolute Gasteiger partial charge is 0.155 e. The number of hydrogen-bond donors (Lipinski definition) is 0. The van der Waals surface area contributed by atoms with Gasteiger partial charge >= 0.3 is 0 Å². The molecule has 2 rings (SSSR count). The first-order valence-corrected chi connectivity index (χ1v) is 8.38. The Morgan fingerprint density at radius 3 is 2.64 bits per heavy atom. The maximum atomic E-state index is 5.72. The van der Waals surface area contributed by atoms with Crippen LogP contribution >= 0.6 is 55.8 Å². The number of imidazole rings is 1. The minimum atomic E-state index is 0.459. The number of fused-ring (bicyclic) bond motifs is 1. The topological polar surface area (TPSA) is 30.2 Å². The van der Waals surface area contributed by atoms with Crippen molar-refractivity contribution in [3.8, 4) is 0 Å². The van der Waals surface area contributed by atoms with Crippen LogP contribution < -0.4 is 0 Å². The fraction of sp³-hybridized carbons (Fsp3) is 0.143. The molecule has 0 aromatic carbocycles. The molecule has 0 N–H and O–H groups in total. The van der Waals surface area contributed by atoms with Gasteiger partial charge in [0.25, 0.3) is 0 Å². The van der Waals surface area contributed by atoms with E-state index in [0.717, 1.165) is 15.9 Å². The van der Waals surface area contributed by atoms with E-state index in [0.29, 0.717) is 5.15 Å². The van der Waals surface area contributed by atoms with Crippen molar-refractivity contribution in [2.24, 2.45) is 0 Å². The molecule has 3 nitrogen and oxygen atoms in total. The molecule has 0 aliphatic rings. The molecule has 7 heteroatoms. The molecule has 0 spiro atoms. The van der Waals surface area contributed by atoms with E-state index < -0.39 is 0 Å². The molecular weight excluding hydrogens is 401 g/mol. The summed E-state index contributed by atoms with van der Waals surface area (Å²) in [5, 5.41) is 4.53. The van der Waals surface area contributed by atoms with Gasteiger partial charge in [-0.15, -0.1) is 0 Å². The third-order valence-electron chi connectivity index (χ3n) is 1.55. The van der Waals surface area contributed by atoms with E-state index in [1.807, 2.05) is 13.0 Å². The van der Waals surface area contributed by atoms with E-state index in [-0.39, 0.29) is 0 Å². The van der Waals surface area contributed by atoms with Gasteiger partial charge in [0.15, 0.2) is 5.65 Å². The maximum absolute atomic E-state index is 5.72. The van der Waals surface area contributed by atoms with Gasteiger partial charge in [0.05, 0.1) is 5.69 Å². The van der Waals surface area contributed by atoms with Crippen molar-refractivity contribution in [3.63, 3.8) is 0 Å². The van der Waals surface area contributed by atoms with Crippen molar-refractivity contribution in [3.05, 3.63) is 27.6 Å². The lowest BCUT2D eigenvalue weighted by molar-refractivity contribution is 0.913. The molecule has 2 aromatic heterocycles. The first kappa shape index (κ1) is 12.4. The monoisotopic (exact) mass is 403 g/mol. The molecule has 2 heterocycles. The number of aromatic nitrogens is 3. The van der Waals surface area contributed by atoms with Crippen molar-refractivity contribution in [2.75, 3.05) is 0 Å². The van der Waals surface area contributed by atoms with Gasteiger partial charge in [-0.3, -0.25) is 0 Å². The zero-order valence-corrected chi connectivity index (χ0v) is 12.5. The van der Waals surface area contributed by atoms with Crippen LogP contribution in [0.25, 0.3) is 5.65 Å². The van der Waals surface area contributed by atoms with Gasteiger partial charge in [0.1, 0.15) is 9.76 Å². The molecule has 76 valence electrons. The van der Waals surface area contributed by atoms with Crippen LogP contribution in [0.15, 0.2) is 16.7 Å². The van der Waals surface area contributed by atoms with E-state index >= 15 is 0 Å². The molecular formula is C7H5Br3ClN3. The SMILES string of the molecule is BrBr.Cc1nc2ccc(Cl)nn2c1Br. The predicted molar refractivity (Wildman–Crippen MR) is 68.3 cm³/mol. The molecule has 2 aromatic rings. The Kier molecular flexibility index (Phi) is 4.82. The third-order valence-corrected chi connectivity index (χ3v) is 2.66. The molecule has 0 atom stereocenters. The average molecular weight is 406 g/mol. The van der Waals surface area contributed by atoms with Crippen molar-refractivity contribution < 1.29 is 0 Å². The van der Waals surface area contributed by atoms with Crippen LogP contribution in [0, 0.1) is 6.92 Å². The highest BCUT2D eigenvalue weighted by Gasteiger charge is 2.05. The van der Waals surface area contributed by atoms with E-state index in [9.17, 15) is 0 Å². The Labute approximate surface area is 110 Å². The fourth-order valence-electron chi connectivity index (χ4n) is 0.994. The molecule has 0 unspecified atom stereocenters. The predicted octanol–water partition coefficient (Wildman–Crippen LogP) is 4.14. The Morgan fingerprint density at radius 2 is 2.00 bits per heavy atom. The summed E-state index contributed by atoms with van der Waals surface area (Å²) in [6, 6.07) is 3.54. The van der Waals surface area contributed by atoms with Crippen LogP contribution in [-0.2, 0) is 0 Å². The largest absolute Gasteiger partial charge is 0.231 e. The fourth-order valence-corrected chi connectivity index (χ4v) is 1.48. The lowest BCUT2D eigenvalue weighted by Gasteiger charge is -1.93. The quantitative estimate of drug-likeness (QED) is 0.658. The molecule has 0 fully saturated rings. The zero-order chi connectivity index (χ0) is 10.7. The highest BCUT2D eigenvalue weighted by molar-refractivity contribution is 9.93.